The lowest BCUT2D eigenvalue weighted by Crippen LogP contribution is -2.42. The van der Waals surface area contributed by atoms with E-state index >= 15 is 0 Å². The Hall–Kier alpha value is -0.120. The average Bonchev–Trinajstić information content (AvgIpc) is 2.29. The Kier molecular flexibility index (Phi) is 7.01. The third kappa shape index (κ3) is 5.28. The number of unbranched alkanes of at least 4 members (excludes halogenated alkanes) is 3. The topological polar surface area (TPSA) is 32.5 Å². The highest BCUT2D eigenvalue weighted by Crippen LogP contribution is 2.14. The Morgan fingerprint density at radius 3 is 2.25 bits per heavy atom. The van der Waals surface area contributed by atoms with Crippen LogP contribution in [-0.4, -0.2) is 56.1 Å². The quantitative estimate of drug-likeness (QED) is 0.670. The molecule has 0 unspecified atom stereocenters. The van der Waals surface area contributed by atoms with E-state index in [4.69, 9.17) is 5.73 Å². The number of hydrogen-bond donors (Lipinski definition) is 1. The van der Waals surface area contributed by atoms with Gasteiger partial charge in [-0.1, -0.05) is 12.8 Å². The average molecular weight is 227 g/mol. The SMILES string of the molecule is CN(C)C1CCN(CCCCCCN)CC1. The third-order valence-corrected chi connectivity index (χ3v) is 3.72. The summed E-state index contributed by atoms with van der Waals surface area (Å²) in [5.74, 6) is 0. The van der Waals surface area contributed by atoms with E-state index in [9.17, 15) is 0 Å². The first kappa shape index (κ1) is 13.9. The van der Waals surface area contributed by atoms with Gasteiger partial charge in [0.05, 0.1) is 0 Å². The van der Waals surface area contributed by atoms with Gasteiger partial charge in [-0.2, -0.15) is 0 Å². The van der Waals surface area contributed by atoms with Crippen LogP contribution >= 0.6 is 0 Å². The molecule has 1 rings (SSSR count). The maximum atomic E-state index is 5.48. The summed E-state index contributed by atoms with van der Waals surface area (Å²) in [6.45, 7) is 4.73. The maximum Gasteiger partial charge on any atom is 0.0113 e. The van der Waals surface area contributed by atoms with Crippen molar-refractivity contribution in [2.24, 2.45) is 5.73 Å². The van der Waals surface area contributed by atoms with Gasteiger partial charge in [-0.15, -0.1) is 0 Å². The predicted molar refractivity (Wildman–Crippen MR) is 70.7 cm³/mol. The highest BCUT2D eigenvalue weighted by molar-refractivity contribution is 4.76. The Morgan fingerprint density at radius 2 is 1.69 bits per heavy atom. The fourth-order valence-corrected chi connectivity index (χ4v) is 2.49. The first-order valence-electron chi connectivity index (χ1n) is 6.83. The van der Waals surface area contributed by atoms with Crippen LogP contribution < -0.4 is 5.73 Å². The van der Waals surface area contributed by atoms with E-state index in [1.807, 2.05) is 0 Å². The first-order valence-corrected chi connectivity index (χ1v) is 6.83. The highest BCUT2D eigenvalue weighted by Gasteiger charge is 2.19. The summed E-state index contributed by atoms with van der Waals surface area (Å²) >= 11 is 0. The molecular weight excluding hydrogens is 198 g/mol. The van der Waals surface area contributed by atoms with E-state index in [0.717, 1.165) is 12.6 Å². The molecule has 0 amide bonds. The highest BCUT2D eigenvalue weighted by atomic mass is 15.2. The lowest BCUT2D eigenvalue weighted by molar-refractivity contribution is 0.143. The molecule has 0 radical (unpaired) electrons. The van der Waals surface area contributed by atoms with E-state index in [2.05, 4.69) is 23.9 Å². The standard InChI is InChI=1S/C13H29N3/c1-15(2)13-7-11-16(12-8-13)10-6-4-3-5-9-14/h13H,3-12,14H2,1-2H3. The fraction of sp³-hybridized carbons (Fsp3) is 1.00. The smallest absolute Gasteiger partial charge is 0.0113 e. The zero-order valence-electron chi connectivity index (χ0n) is 11.1. The van der Waals surface area contributed by atoms with Crippen LogP contribution in [0.15, 0.2) is 0 Å². The van der Waals surface area contributed by atoms with Gasteiger partial charge in [0.15, 0.2) is 0 Å². The molecule has 2 N–H and O–H groups in total. The molecule has 96 valence electrons. The molecule has 1 heterocycles. The summed E-state index contributed by atoms with van der Waals surface area (Å²) in [6.07, 6.45) is 7.90. The van der Waals surface area contributed by atoms with Crippen molar-refractivity contribution >= 4 is 0 Å². The van der Waals surface area contributed by atoms with Gasteiger partial charge in [0, 0.05) is 6.04 Å². The Labute approximate surface area is 101 Å². The predicted octanol–water partition coefficient (Wildman–Crippen LogP) is 1.53. The van der Waals surface area contributed by atoms with Crippen molar-refractivity contribution in [2.45, 2.75) is 44.6 Å². The molecule has 0 saturated carbocycles. The molecule has 1 fully saturated rings. The normalized spacial score (nSPS) is 19.5. The molecule has 0 aromatic rings. The van der Waals surface area contributed by atoms with Crippen LogP contribution in [0.1, 0.15) is 38.5 Å². The minimum absolute atomic E-state index is 0.813. The van der Waals surface area contributed by atoms with Gasteiger partial charge in [0.2, 0.25) is 0 Å². The van der Waals surface area contributed by atoms with Gasteiger partial charge in [-0.05, 0) is 66.0 Å². The summed E-state index contributed by atoms with van der Waals surface area (Å²) in [7, 11) is 4.40. The van der Waals surface area contributed by atoms with Gasteiger partial charge in [-0.3, -0.25) is 0 Å². The summed E-state index contributed by atoms with van der Waals surface area (Å²) in [5, 5.41) is 0. The summed E-state index contributed by atoms with van der Waals surface area (Å²) in [5.41, 5.74) is 5.48. The minimum atomic E-state index is 0.813. The zero-order chi connectivity index (χ0) is 11.8. The monoisotopic (exact) mass is 227 g/mol. The summed E-state index contributed by atoms with van der Waals surface area (Å²) in [4.78, 5) is 5.00. The van der Waals surface area contributed by atoms with Crippen molar-refractivity contribution in [3.05, 3.63) is 0 Å². The molecule has 0 aromatic carbocycles. The van der Waals surface area contributed by atoms with Crippen LogP contribution in [0.3, 0.4) is 0 Å². The lowest BCUT2D eigenvalue weighted by atomic mass is 10.0. The molecule has 1 aliphatic heterocycles. The van der Waals surface area contributed by atoms with Gasteiger partial charge < -0.3 is 15.5 Å². The lowest BCUT2D eigenvalue weighted by Gasteiger charge is -2.35. The molecular formula is C13H29N3. The molecule has 0 aliphatic carbocycles. The van der Waals surface area contributed by atoms with Crippen LogP contribution in [0, 0.1) is 0 Å². The second-order valence-electron chi connectivity index (χ2n) is 5.24. The van der Waals surface area contributed by atoms with E-state index < -0.39 is 0 Å². The fourth-order valence-electron chi connectivity index (χ4n) is 2.49. The van der Waals surface area contributed by atoms with Gasteiger partial charge in [-0.25, -0.2) is 0 Å². The number of likely N-dealkylation sites (tertiary alicyclic amines) is 1. The van der Waals surface area contributed by atoms with Crippen molar-refractivity contribution in [1.29, 1.82) is 0 Å². The van der Waals surface area contributed by atoms with Gasteiger partial charge in [0.25, 0.3) is 0 Å². The van der Waals surface area contributed by atoms with Crippen molar-refractivity contribution in [3.63, 3.8) is 0 Å². The Morgan fingerprint density at radius 1 is 1.06 bits per heavy atom. The van der Waals surface area contributed by atoms with E-state index in [0.29, 0.717) is 0 Å². The molecule has 1 saturated heterocycles. The van der Waals surface area contributed by atoms with Crippen LogP contribution in [0.5, 0.6) is 0 Å². The zero-order valence-corrected chi connectivity index (χ0v) is 11.1. The van der Waals surface area contributed by atoms with E-state index in [1.54, 1.807) is 0 Å². The number of nitrogens with zero attached hydrogens (tertiary/aromatic N) is 2. The van der Waals surface area contributed by atoms with Gasteiger partial charge >= 0.3 is 0 Å². The second-order valence-corrected chi connectivity index (χ2v) is 5.24. The molecule has 0 bridgehead atoms. The third-order valence-electron chi connectivity index (χ3n) is 3.72. The van der Waals surface area contributed by atoms with Gasteiger partial charge in [0.1, 0.15) is 0 Å². The van der Waals surface area contributed by atoms with Crippen LogP contribution in [0.4, 0.5) is 0 Å². The molecule has 0 atom stereocenters. The number of hydrogen-bond acceptors (Lipinski definition) is 3. The van der Waals surface area contributed by atoms with Crippen LogP contribution in [0.2, 0.25) is 0 Å². The number of rotatable bonds is 7. The Balaban J connectivity index is 1.99. The molecule has 0 spiro atoms. The minimum Gasteiger partial charge on any atom is -0.330 e. The molecule has 0 aromatic heterocycles. The molecule has 3 heteroatoms. The molecule has 3 nitrogen and oxygen atoms in total. The second kappa shape index (κ2) is 8.04. The van der Waals surface area contributed by atoms with Crippen LogP contribution in [-0.2, 0) is 0 Å². The molecule has 16 heavy (non-hydrogen) atoms. The van der Waals surface area contributed by atoms with E-state index in [1.165, 1.54) is 58.2 Å². The summed E-state index contributed by atoms with van der Waals surface area (Å²) in [6, 6.07) is 0.813. The van der Waals surface area contributed by atoms with Crippen molar-refractivity contribution in [1.82, 2.24) is 9.80 Å². The molecule has 1 aliphatic rings. The van der Waals surface area contributed by atoms with Crippen molar-refractivity contribution in [3.8, 4) is 0 Å². The largest absolute Gasteiger partial charge is 0.330 e. The maximum absolute atomic E-state index is 5.48. The first-order chi connectivity index (χ1) is 7.74. The number of piperidine rings is 1. The summed E-state index contributed by atoms with van der Waals surface area (Å²) < 4.78 is 0. The Bertz CT molecular complexity index is 163. The van der Waals surface area contributed by atoms with Crippen LogP contribution in [0.25, 0.3) is 0 Å². The number of nitrogens with two attached hydrogens (primary N) is 1. The van der Waals surface area contributed by atoms with Crippen molar-refractivity contribution < 1.29 is 0 Å². The van der Waals surface area contributed by atoms with Crippen molar-refractivity contribution in [2.75, 3.05) is 40.3 Å². The van der Waals surface area contributed by atoms with E-state index in [-0.39, 0.29) is 0 Å².